The Labute approximate surface area is 231 Å². The van der Waals surface area contributed by atoms with E-state index in [0.29, 0.717) is 11.8 Å². The molecule has 4 aromatic carbocycles. The number of allylic oxidation sites excluding steroid dienone is 2. The molecule has 0 bridgehead atoms. The molecule has 0 aliphatic heterocycles. The topological polar surface area (TPSA) is 0 Å². The molecule has 0 fully saturated rings. The van der Waals surface area contributed by atoms with Gasteiger partial charge in [-0.25, -0.2) is 0 Å². The van der Waals surface area contributed by atoms with Gasteiger partial charge in [0.1, 0.15) is 0 Å². The molecule has 0 saturated heterocycles. The zero-order valence-corrected chi connectivity index (χ0v) is 23.2. The van der Waals surface area contributed by atoms with E-state index in [0.717, 1.165) is 12.8 Å². The Morgan fingerprint density at radius 1 is 0.571 bits per heavy atom. The van der Waals surface area contributed by atoms with Gasteiger partial charge >= 0.3 is 26.2 Å². The van der Waals surface area contributed by atoms with Crippen LogP contribution < -0.4 is 0 Å². The first-order valence-electron chi connectivity index (χ1n) is 11.2. The molecule has 2 atom stereocenters. The van der Waals surface area contributed by atoms with Gasteiger partial charge < -0.3 is 14.9 Å². The normalized spacial score (nSPS) is 15.2. The van der Waals surface area contributed by atoms with Crippen molar-refractivity contribution in [1.82, 2.24) is 0 Å². The van der Waals surface area contributed by atoms with Crippen LogP contribution in [0.4, 0.5) is 0 Å². The van der Waals surface area contributed by atoms with Gasteiger partial charge in [0.15, 0.2) is 0 Å². The Kier molecular flexibility index (Phi) is 10.4. The Hall–Kier alpha value is -2.76. The van der Waals surface area contributed by atoms with Crippen LogP contribution in [0, 0.1) is 27.0 Å². The first kappa shape index (κ1) is 28.5. The Morgan fingerprint density at radius 2 is 0.943 bits per heavy atom. The van der Waals surface area contributed by atoms with Crippen LogP contribution in [-0.4, -0.2) is 0 Å². The molecule has 0 nitrogen and oxygen atoms in total. The Balaban J connectivity index is 0.000000227. The summed E-state index contributed by atoms with van der Waals surface area (Å²) in [6, 6.07) is 36.5. The maximum Gasteiger partial charge on any atom is 4.00 e. The van der Waals surface area contributed by atoms with Crippen molar-refractivity contribution >= 4 is 0 Å². The second-order valence-electron chi connectivity index (χ2n) is 8.32. The van der Waals surface area contributed by atoms with E-state index >= 15 is 0 Å². The fourth-order valence-electron chi connectivity index (χ4n) is 5.17. The van der Waals surface area contributed by atoms with Crippen molar-refractivity contribution in [3.63, 3.8) is 0 Å². The van der Waals surface area contributed by atoms with E-state index in [2.05, 4.69) is 98.1 Å². The molecule has 4 aromatic rings. The molecule has 0 heterocycles. The van der Waals surface area contributed by atoms with E-state index in [1.54, 1.807) is 0 Å². The quantitative estimate of drug-likeness (QED) is 0.182. The Bertz CT molecular complexity index is 1090. The van der Waals surface area contributed by atoms with Crippen LogP contribution in [0.15, 0.2) is 110 Å². The van der Waals surface area contributed by atoms with E-state index in [4.69, 9.17) is 0 Å². The van der Waals surface area contributed by atoms with Gasteiger partial charge in [0.25, 0.3) is 0 Å². The van der Waals surface area contributed by atoms with Crippen molar-refractivity contribution in [2.45, 2.75) is 24.7 Å². The first-order valence-corrected chi connectivity index (χ1v) is 11.2. The van der Waals surface area contributed by atoms with E-state index in [1.165, 1.54) is 44.5 Å². The third-order valence-corrected chi connectivity index (χ3v) is 6.53. The molecule has 0 spiro atoms. The minimum atomic E-state index is 0. The Morgan fingerprint density at radius 3 is 1.34 bits per heavy atom. The number of hydrogen-bond acceptors (Lipinski definition) is 0. The zero-order chi connectivity index (χ0) is 21.9. The van der Waals surface area contributed by atoms with Gasteiger partial charge in [-0.2, -0.15) is 48.5 Å². The van der Waals surface area contributed by atoms with E-state index in [1.807, 2.05) is 24.3 Å². The van der Waals surface area contributed by atoms with Crippen molar-refractivity contribution in [1.29, 1.82) is 0 Å². The number of fused-ring (bicyclic) bond motifs is 6. The fraction of sp³-hybridized carbons (Fsp3) is 0.118. The summed E-state index contributed by atoms with van der Waals surface area (Å²) in [5, 5.41) is 0. The predicted molar refractivity (Wildman–Crippen MR) is 148 cm³/mol. The van der Waals surface area contributed by atoms with E-state index < -0.39 is 0 Å². The van der Waals surface area contributed by atoms with Gasteiger partial charge in [-0.05, 0) is 35.8 Å². The summed E-state index contributed by atoms with van der Waals surface area (Å²) in [6.07, 6.45) is 5.98. The zero-order valence-electron chi connectivity index (χ0n) is 20.7. The molecule has 0 radical (unpaired) electrons. The molecule has 6 rings (SSSR count). The van der Waals surface area contributed by atoms with Crippen molar-refractivity contribution in [2.75, 3.05) is 0 Å². The maximum atomic E-state index is 3.86. The first-order chi connectivity index (χ1) is 15.8. The molecule has 1 heteroatoms. The van der Waals surface area contributed by atoms with Crippen molar-refractivity contribution in [2.24, 2.45) is 0 Å². The van der Waals surface area contributed by atoms with Crippen LogP contribution in [0.1, 0.15) is 46.9 Å². The summed E-state index contributed by atoms with van der Waals surface area (Å²) in [7, 11) is 0. The molecule has 172 valence electrons. The third-order valence-electron chi connectivity index (χ3n) is 6.53. The summed E-state index contributed by atoms with van der Waals surface area (Å²) in [4.78, 5) is 0. The van der Waals surface area contributed by atoms with Gasteiger partial charge in [-0.1, -0.05) is 71.8 Å². The van der Waals surface area contributed by atoms with Crippen molar-refractivity contribution in [3.05, 3.63) is 159 Å². The minimum Gasteiger partial charge on any atom is -0.358 e. The van der Waals surface area contributed by atoms with Gasteiger partial charge in [0.2, 0.25) is 0 Å². The molecule has 2 aliphatic carbocycles. The summed E-state index contributed by atoms with van der Waals surface area (Å²) in [5.41, 5.74) is 10.9. The van der Waals surface area contributed by atoms with Gasteiger partial charge in [0.05, 0.1) is 0 Å². The average Bonchev–Trinajstić information content (AvgIpc) is 3.34. The molecule has 2 unspecified atom stereocenters. The van der Waals surface area contributed by atoms with Crippen LogP contribution in [0.25, 0.3) is 22.3 Å². The van der Waals surface area contributed by atoms with Crippen LogP contribution in [-0.2, 0) is 26.2 Å². The molecular formula is C34H32Zr. The number of rotatable bonds is 4. The molecule has 2 aliphatic rings. The molecule has 0 amide bonds. The minimum absolute atomic E-state index is 0. The SMILES string of the molecule is C=CCC1c2[c-]cccc2-c2ccccc21.C=CCC1c2[c-]cccc2-c2ccccc21.[CH3-].[CH3-].[Zr+4]. The van der Waals surface area contributed by atoms with Gasteiger partial charge in [-0.15, -0.1) is 35.4 Å². The molecule has 35 heavy (non-hydrogen) atoms. The molecular weight excluding hydrogens is 500 g/mol. The van der Waals surface area contributed by atoms with Crippen LogP contribution >= 0.6 is 0 Å². The predicted octanol–water partition coefficient (Wildman–Crippen LogP) is 9.25. The summed E-state index contributed by atoms with van der Waals surface area (Å²) < 4.78 is 0. The largest absolute Gasteiger partial charge is 4.00 e. The summed E-state index contributed by atoms with van der Waals surface area (Å²) in [5.74, 6) is 0.898. The van der Waals surface area contributed by atoms with Crippen LogP contribution in [0.3, 0.4) is 0 Å². The standard InChI is InChI=1S/2C16H13.2CH3.Zr/c2*1-2-7-12-13-8-3-5-10-15(13)16-11-6-4-9-14(12)16;;;/h2*2-6,8,10-12H,1,7H2;2*1H3;/q4*-1;+4. The smallest absolute Gasteiger partial charge is 0.358 e. The third kappa shape index (κ3) is 5.26. The second kappa shape index (κ2) is 12.8. The van der Waals surface area contributed by atoms with Crippen LogP contribution in [0.5, 0.6) is 0 Å². The van der Waals surface area contributed by atoms with E-state index in [-0.39, 0.29) is 41.1 Å². The fourth-order valence-corrected chi connectivity index (χ4v) is 5.17. The van der Waals surface area contributed by atoms with E-state index in [9.17, 15) is 0 Å². The second-order valence-corrected chi connectivity index (χ2v) is 8.32. The average molecular weight is 532 g/mol. The molecule has 0 saturated carbocycles. The van der Waals surface area contributed by atoms with Gasteiger partial charge in [-0.3, -0.25) is 0 Å². The summed E-state index contributed by atoms with van der Waals surface area (Å²) >= 11 is 0. The van der Waals surface area contributed by atoms with Gasteiger partial charge in [0, 0.05) is 0 Å². The summed E-state index contributed by atoms with van der Waals surface area (Å²) in [6.45, 7) is 7.71. The van der Waals surface area contributed by atoms with Crippen molar-refractivity contribution < 1.29 is 26.2 Å². The molecule has 0 N–H and O–H groups in total. The number of hydrogen-bond donors (Lipinski definition) is 0. The molecule has 0 aromatic heterocycles. The van der Waals surface area contributed by atoms with Crippen LogP contribution in [0.2, 0.25) is 0 Å². The number of benzene rings is 4. The monoisotopic (exact) mass is 530 g/mol. The van der Waals surface area contributed by atoms with Crippen molar-refractivity contribution in [3.8, 4) is 22.3 Å². The maximum absolute atomic E-state index is 3.86.